The highest BCUT2D eigenvalue weighted by Gasteiger charge is 2.27. The fourth-order valence-corrected chi connectivity index (χ4v) is 2.22. The molecule has 12 heavy (non-hydrogen) atoms. The van der Waals surface area contributed by atoms with Crippen LogP contribution in [-0.4, -0.2) is 17.5 Å². The zero-order valence-electron chi connectivity index (χ0n) is 7.96. The summed E-state index contributed by atoms with van der Waals surface area (Å²) >= 11 is 0. The number of piperidine rings is 1. The van der Waals surface area contributed by atoms with Crippen molar-refractivity contribution in [3.63, 3.8) is 0 Å². The van der Waals surface area contributed by atoms with Crippen LogP contribution in [0.2, 0.25) is 0 Å². The lowest BCUT2D eigenvalue weighted by Gasteiger charge is -2.36. The molecule has 66 valence electrons. The molecule has 1 saturated heterocycles. The van der Waals surface area contributed by atoms with E-state index < -0.39 is 0 Å². The van der Waals surface area contributed by atoms with Gasteiger partial charge in [0.2, 0.25) is 0 Å². The van der Waals surface area contributed by atoms with E-state index in [1.165, 1.54) is 19.4 Å². The normalized spacial score (nSPS) is 33.1. The van der Waals surface area contributed by atoms with E-state index in [0.29, 0.717) is 6.04 Å². The van der Waals surface area contributed by atoms with Gasteiger partial charge in [-0.25, -0.2) is 0 Å². The third kappa shape index (κ3) is 1.30. The minimum atomic E-state index is 0.672. The van der Waals surface area contributed by atoms with Gasteiger partial charge < -0.3 is 4.90 Å². The molecule has 2 rings (SSSR count). The minimum Gasteiger partial charge on any atom is -0.364 e. The molecule has 1 heteroatoms. The Balaban J connectivity index is 1.98. The van der Waals surface area contributed by atoms with E-state index >= 15 is 0 Å². The first kappa shape index (κ1) is 7.94. The summed E-state index contributed by atoms with van der Waals surface area (Å²) in [6.07, 6.45) is 7.02. The number of fused-ring (bicyclic) bond motifs is 1. The molecular weight excluding hydrogens is 146 g/mol. The van der Waals surface area contributed by atoms with E-state index in [1.54, 1.807) is 0 Å². The van der Waals surface area contributed by atoms with Gasteiger partial charge in [0, 0.05) is 12.7 Å². The van der Waals surface area contributed by atoms with Crippen LogP contribution in [0.3, 0.4) is 0 Å². The molecule has 0 radical (unpaired) electrons. The number of hydrogen-bond donors (Lipinski definition) is 0. The first-order valence-corrected chi connectivity index (χ1v) is 4.96. The molecule has 0 saturated carbocycles. The Kier molecular flexibility index (Phi) is 1.98. The van der Waals surface area contributed by atoms with Crippen LogP contribution in [0.25, 0.3) is 0 Å². The molecule has 2 aliphatic heterocycles. The maximum absolute atomic E-state index is 3.20. The van der Waals surface area contributed by atoms with Crippen molar-refractivity contribution in [3.8, 4) is 0 Å². The number of rotatable bonds is 1. The predicted octanol–water partition coefficient (Wildman–Crippen LogP) is 2.41. The van der Waals surface area contributed by atoms with Crippen LogP contribution >= 0.6 is 0 Å². The van der Waals surface area contributed by atoms with Crippen molar-refractivity contribution in [1.82, 2.24) is 4.90 Å². The Bertz CT molecular complexity index is 223. The van der Waals surface area contributed by atoms with Crippen LogP contribution in [0.1, 0.15) is 26.7 Å². The Hall–Kier alpha value is -0.680. The maximum atomic E-state index is 3.20. The summed E-state index contributed by atoms with van der Waals surface area (Å²) in [6, 6.07) is 0.672. The van der Waals surface area contributed by atoms with E-state index in [-0.39, 0.29) is 0 Å². The van der Waals surface area contributed by atoms with Crippen LogP contribution in [0.4, 0.5) is 0 Å². The zero-order valence-corrected chi connectivity index (χ0v) is 7.96. The molecule has 0 spiro atoms. The molecule has 0 aromatic heterocycles. The topological polar surface area (TPSA) is 3.24 Å². The SMILES string of the molecule is CC(C)C1CCN2C=C=CC2C1. The third-order valence-corrected chi connectivity index (χ3v) is 3.20. The van der Waals surface area contributed by atoms with Crippen molar-refractivity contribution in [3.05, 3.63) is 18.0 Å². The third-order valence-electron chi connectivity index (χ3n) is 3.20. The monoisotopic (exact) mass is 163 g/mol. The van der Waals surface area contributed by atoms with Crippen molar-refractivity contribution in [1.29, 1.82) is 0 Å². The van der Waals surface area contributed by atoms with Gasteiger partial charge in [0.05, 0.1) is 6.04 Å². The van der Waals surface area contributed by atoms with Gasteiger partial charge in [-0.2, -0.15) is 0 Å². The second kappa shape index (κ2) is 2.99. The quantitative estimate of drug-likeness (QED) is 0.536. The van der Waals surface area contributed by atoms with Crippen molar-refractivity contribution in [2.24, 2.45) is 11.8 Å². The van der Waals surface area contributed by atoms with Gasteiger partial charge in [-0.1, -0.05) is 13.8 Å². The fourth-order valence-electron chi connectivity index (χ4n) is 2.22. The maximum Gasteiger partial charge on any atom is 0.0550 e. The largest absolute Gasteiger partial charge is 0.364 e. The van der Waals surface area contributed by atoms with Gasteiger partial charge in [-0.05, 0) is 30.8 Å². The predicted molar refractivity (Wildman–Crippen MR) is 50.7 cm³/mol. The summed E-state index contributed by atoms with van der Waals surface area (Å²) in [5.74, 6) is 1.77. The minimum absolute atomic E-state index is 0.672. The highest BCUT2D eigenvalue weighted by atomic mass is 15.1. The summed E-state index contributed by atoms with van der Waals surface area (Å²) in [5.41, 5.74) is 3.20. The Morgan fingerprint density at radius 1 is 1.50 bits per heavy atom. The Labute approximate surface area is 74.8 Å². The summed E-state index contributed by atoms with van der Waals surface area (Å²) in [5, 5.41) is 0. The van der Waals surface area contributed by atoms with Gasteiger partial charge in [0.1, 0.15) is 0 Å². The lowest BCUT2D eigenvalue weighted by atomic mass is 9.83. The van der Waals surface area contributed by atoms with E-state index in [0.717, 1.165) is 11.8 Å². The molecule has 0 amide bonds. The smallest absolute Gasteiger partial charge is 0.0550 e. The fraction of sp³-hybridized carbons (Fsp3) is 0.727. The highest BCUT2D eigenvalue weighted by molar-refractivity contribution is 5.07. The molecule has 0 aliphatic carbocycles. The van der Waals surface area contributed by atoms with Gasteiger partial charge in [0.15, 0.2) is 0 Å². The summed E-state index contributed by atoms with van der Waals surface area (Å²) in [4.78, 5) is 2.42. The van der Waals surface area contributed by atoms with Crippen LogP contribution in [0.15, 0.2) is 18.0 Å². The molecule has 0 N–H and O–H groups in total. The second-order valence-electron chi connectivity index (χ2n) is 4.30. The molecular formula is C11H17N. The molecule has 1 nitrogen and oxygen atoms in total. The molecule has 0 aromatic rings. The van der Waals surface area contributed by atoms with E-state index in [1.807, 2.05) is 0 Å². The molecule has 2 aliphatic rings. The second-order valence-corrected chi connectivity index (χ2v) is 4.30. The summed E-state index contributed by atoms with van der Waals surface area (Å²) in [7, 11) is 0. The first-order valence-electron chi connectivity index (χ1n) is 4.96. The van der Waals surface area contributed by atoms with Crippen molar-refractivity contribution in [2.75, 3.05) is 6.54 Å². The van der Waals surface area contributed by atoms with Crippen molar-refractivity contribution < 1.29 is 0 Å². The highest BCUT2D eigenvalue weighted by Crippen LogP contribution is 2.30. The number of hydrogen-bond acceptors (Lipinski definition) is 1. The molecule has 2 atom stereocenters. The first-order chi connectivity index (χ1) is 5.77. The van der Waals surface area contributed by atoms with E-state index in [2.05, 4.69) is 36.8 Å². The van der Waals surface area contributed by atoms with Gasteiger partial charge in [-0.3, -0.25) is 0 Å². The summed E-state index contributed by atoms with van der Waals surface area (Å²) < 4.78 is 0. The average molecular weight is 163 g/mol. The van der Waals surface area contributed by atoms with Gasteiger partial charge >= 0.3 is 0 Å². The Morgan fingerprint density at radius 2 is 2.33 bits per heavy atom. The van der Waals surface area contributed by atoms with Gasteiger partial charge in [0.25, 0.3) is 0 Å². The zero-order chi connectivity index (χ0) is 8.55. The molecule has 1 fully saturated rings. The lowest BCUT2D eigenvalue weighted by Crippen LogP contribution is -2.37. The number of nitrogens with zero attached hydrogens (tertiary/aromatic N) is 1. The summed E-state index contributed by atoms with van der Waals surface area (Å²) in [6.45, 7) is 5.91. The van der Waals surface area contributed by atoms with Crippen LogP contribution in [-0.2, 0) is 0 Å². The van der Waals surface area contributed by atoms with Crippen LogP contribution in [0.5, 0.6) is 0 Å². The molecule has 2 heterocycles. The Morgan fingerprint density at radius 3 is 3.08 bits per heavy atom. The standard InChI is InChI=1S/C11H17N/c1-9(2)10-5-7-12-6-3-4-11(12)8-10/h4,6,9-11H,5,7-8H2,1-2H3. The van der Waals surface area contributed by atoms with E-state index in [4.69, 9.17) is 0 Å². The molecule has 0 aromatic carbocycles. The lowest BCUT2D eigenvalue weighted by molar-refractivity contribution is 0.169. The van der Waals surface area contributed by atoms with Crippen molar-refractivity contribution in [2.45, 2.75) is 32.7 Å². The average Bonchev–Trinajstić information content (AvgIpc) is 2.49. The molecule has 0 bridgehead atoms. The molecule has 2 unspecified atom stereocenters. The van der Waals surface area contributed by atoms with Crippen molar-refractivity contribution >= 4 is 0 Å². The van der Waals surface area contributed by atoms with Crippen LogP contribution in [0, 0.1) is 11.8 Å². The van der Waals surface area contributed by atoms with Gasteiger partial charge in [-0.15, -0.1) is 5.73 Å². The van der Waals surface area contributed by atoms with Crippen LogP contribution < -0.4 is 0 Å². The van der Waals surface area contributed by atoms with E-state index in [9.17, 15) is 0 Å².